The first-order valence-electron chi connectivity index (χ1n) is 7.25. The zero-order chi connectivity index (χ0) is 17.1. The van der Waals surface area contributed by atoms with Crippen LogP contribution in [0.4, 0.5) is 5.69 Å². The Hall–Kier alpha value is -3.41. The maximum absolute atomic E-state index is 11.6. The molecule has 0 bridgehead atoms. The maximum atomic E-state index is 11.6. The Kier molecular flexibility index (Phi) is 4.11. The Morgan fingerprint density at radius 3 is 2.50 bits per heavy atom. The molecule has 0 heterocycles. The minimum absolute atomic E-state index is 0.0861. The van der Waals surface area contributed by atoms with Gasteiger partial charge in [0.15, 0.2) is 0 Å². The summed E-state index contributed by atoms with van der Waals surface area (Å²) in [6.45, 7) is 0. The third-order valence-electron chi connectivity index (χ3n) is 3.59. The van der Waals surface area contributed by atoms with Crippen molar-refractivity contribution in [1.29, 1.82) is 0 Å². The van der Waals surface area contributed by atoms with E-state index in [4.69, 9.17) is 4.74 Å². The van der Waals surface area contributed by atoms with E-state index in [0.717, 1.165) is 10.8 Å². The summed E-state index contributed by atoms with van der Waals surface area (Å²) in [6, 6.07) is 17.3. The molecular formula is C18H14N2O4. The van der Waals surface area contributed by atoms with Crippen molar-refractivity contribution in [2.75, 3.05) is 7.05 Å². The number of hydrogen-bond donors (Lipinski definition) is 1. The van der Waals surface area contributed by atoms with Gasteiger partial charge in [0, 0.05) is 18.7 Å². The third-order valence-corrected chi connectivity index (χ3v) is 3.59. The Morgan fingerprint density at radius 1 is 1.04 bits per heavy atom. The summed E-state index contributed by atoms with van der Waals surface area (Å²) in [5.74, 6) is 0.183. The van der Waals surface area contributed by atoms with E-state index in [9.17, 15) is 14.9 Å². The highest BCUT2D eigenvalue weighted by molar-refractivity contribution is 5.95. The van der Waals surface area contributed by atoms with Crippen LogP contribution in [0.1, 0.15) is 10.4 Å². The topological polar surface area (TPSA) is 81.5 Å². The maximum Gasteiger partial charge on any atom is 0.312 e. The Morgan fingerprint density at radius 2 is 1.79 bits per heavy atom. The molecule has 0 unspecified atom stereocenters. The Bertz CT molecular complexity index is 937. The SMILES string of the molecule is CNC(=O)c1ccc(Oc2ccc3ccccc3c2)c([N+](=O)[O-])c1. The minimum atomic E-state index is -0.567. The van der Waals surface area contributed by atoms with Crippen LogP contribution in [0.15, 0.2) is 60.7 Å². The van der Waals surface area contributed by atoms with Crippen molar-refractivity contribution in [3.8, 4) is 11.5 Å². The number of carbonyl (C=O) groups excluding carboxylic acids is 1. The number of rotatable bonds is 4. The summed E-state index contributed by atoms with van der Waals surface area (Å²) in [6.07, 6.45) is 0. The molecule has 3 aromatic carbocycles. The highest BCUT2D eigenvalue weighted by Crippen LogP contribution is 2.33. The van der Waals surface area contributed by atoms with Crippen LogP contribution in [-0.4, -0.2) is 17.9 Å². The van der Waals surface area contributed by atoms with Gasteiger partial charge in [-0.3, -0.25) is 14.9 Å². The van der Waals surface area contributed by atoms with Gasteiger partial charge in [-0.15, -0.1) is 0 Å². The molecule has 1 N–H and O–H groups in total. The lowest BCUT2D eigenvalue weighted by atomic mass is 10.1. The molecule has 6 heteroatoms. The first-order valence-corrected chi connectivity index (χ1v) is 7.25. The van der Waals surface area contributed by atoms with E-state index in [1.165, 1.54) is 25.2 Å². The van der Waals surface area contributed by atoms with E-state index in [1.807, 2.05) is 36.4 Å². The second-order valence-electron chi connectivity index (χ2n) is 5.13. The van der Waals surface area contributed by atoms with Crippen molar-refractivity contribution in [2.24, 2.45) is 0 Å². The molecule has 6 nitrogen and oxygen atoms in total. The molecule has 120 valence electrons. The van der Waals surface area contributed by atoms with Gasteiger partial charge in [-0.2, -0.15) is 0 Å². The van der Waals surface area contributed by atoms with Crippen LogP contribution < -0.4 is 10.1 Å². The smallest absolute Gasteiger partial charge is 0.312 e. The van der Waals surface area contributed by atoms with E-state index in [0.29, 0.717) is 5.75 Å². The lowest BCUT2D eigenvalue weighted by Gasteiger charge is -2.08. The molecule has 0 fully saturated rings. The largest absolute Gasteiger partial charge is 0.450 e. The quantitative estimate of drug-likeness (QED) is 0.583. The number of hydrogen-bond acceptors (Lipinski definition) is 4. The molecule has 0 saturated heterocycles. The molecule has 0 aromatic heterocycles. The molecule has 0 saturated carbocycles. The van der Waals surface area contributed by atoms with Crippen LogP contribution in [0, 0.1) is 10.1 Å². The van der Waals surface area contributed by atoms with Gasteiger partial charge in [-0.1, -0.05) is 30.3 Å². The summed E-state index contributed by atoms with van der Waals surface area (Å²) in [5.41, 5.74) is -0.0562. The number of nitro benzene ring substituents is 1. The Labute approximate surface area is 137 Å². The van der Waals surface area contributed by atoms with E-state index < -0.39 is 10.8 Å². The average molecular weight is 322 g/mol. The summed E-state index contributed by atoms with van der Waals surface area (Å²) in [4.78, 5) is 22.3. The number of ether oxygens (including phenoxy) is 1. The molecule has 3 rings (SSSR count). The van der Waals surface area contributed by atoms with E-state index in [-0.39, 0.29) is 17.0 Å². The summed E-state index contributed by atoms with van der Waals surface area (Å²) in [5, 5.41) is 15.7. The minimum Gasteiger partial charge on any atom is -0.450 e. The molecular weight excluding hydrogens is 308 g/mol. The second-order valence-corrected chi connectivity index (χ2v) is 5.13. The molecule has 0 aliphatic rings. The predicted molar refractivity (Wildman–Crippen MR) is 90.5 cm³/mol. The van der Waals surface area contributed by atoms with Crippen molar-refractivity contribution in [1.82, 2.24) is 5.32 Å². The van der Waals surface area contributed by atoms with Crippen LogP contribution >= 0.6 is 0 Å². The van der Waals surface area contributed by atoms with Crippen LogP contribution in [-0.2, 0) is 0 Å². The van der Waals surface area contributed by atoms with E-state index >= 15 is 0 Å². The molecule has 0 aliphatic carbocycles. The molecule has 0 aliphatic heterocycles. The first-order chi connectivity index (χ1) is 11.6. The van der Waals surface area contributed by atoms with Crippen molar-refractivity contribution >= 4 is 22.4 Å². The van der Waals surface area contributed by atoms with Crippen molar-refractivity contribution in [3.05, 3.63) is 76.3 Å². The molecule has 1 amide bonds. The fraction of sp³-hybridized carbons (Fsp3) is 0.0556. The predicted octanol–water partition coefficient (Wildman–Crippen LogP) is 3.90. The van der Waals surface area contributed by atoms with Gasteiger partial charge in [0.25, 0.3) is 5.91 Å². The molecule has 0 spiro atoms. The van der Waals surface area contributed by atoms with Gasteiger partial charge >= 0.3 is 5.69 Å². The monoisotopic (exact) mass is 322 g/mol. The third kappa shape index (κ3) is 3.03. The van der Waals surface area contributed by atoms with Crippen LogP contribution in [0.2, 0.25) is 0 Å². The van der Waals surface area contributed by atoms with Gasteiger partial charge in [0.1, 0.15) is 5.75 Å². The standard InChI is InChI=1S/C18H14N2O4/c1-19-18(21)14-7-9-17(16(11-14)20(22)23)24-15-8-6-12-4-2-3-5-13(12)10-15/h2-11H,1H3,(H,19,21). The number of nitro groups is 1. The van der Waals surface area contributed by atoms with E-state index in [1.54, 1.807) is 6.07 Å². The van der Waals surface area contributed by atoms with Gasteiger partial charge in [-0.25, -0.2) is 0 Å². The fourth-order valence-electron chi connectivity index (χ4n) is 2.39. The van der Waals surface area contributed by atoms with Gasteiger partial charge in [-0.05, 0) is 35.0 Å². The van der Waals surface area contributed by atoms with Gasteiger partial charge < -0.3 is 10.1 Å². The first kappa shape index (κ1) is 15.5. The normalized spacial score (nSPS) is 10.4. The van der Waals surface area contributed by atoms with Gasteiger partial charge in [0.2, 0.25) is 5.75 Å². The molecule has 3 aromatic rings. The second kappa shape index (κ2) is 6.37. The number of nitrogens with one attached hydrogen (secondary N) is 1. The number of amides is 1. The number of fused-ring (bicyclic) bond motifs is 1. The highest BCUT2D eigenvalue weighted by Gasteiger charge is 2.19. The molecule has 24 heavy (non-hydrogen) atoms. The number of carbonyl (C=O) groups is 1. The molecule has 0 atom stereocenters. The van der Waals surface area contributed by atoms with Crippen molar-refractivity contribution < 1.29 is 14.5 Å². The zero-order valence-corrected chi connectivity index (χ0v) is 12.9. The summed E-state index contributed by atoms with van der Waals surface area (Å²) < 4.78 is 5.67. The van der Waals surface area contributed by atoms with Gasteiger partial charge in [0.05, 0.1) is 4.92 Å². The van der Waals surface area contributed by atoms with Crippen LogP contribution in [0.5, 0.6) is 11.5 Å². The summed E-state index contributed by atoms with van der Waals surface area (Å²) >= 11 is 0. The zero-order valence-electron chi connectivity index (χ0n) is 12.9. The van der Waals surface area contributed by atoms with Crippen LogP contribution in [0.3, 0.4) is 0 Å². The number of nitrogens with zero attached hydrogens (tertiary/aromatic N) is 1. The summed E-state index contributed by atoms with van der Waals surface area (Å²) in [7, 11) is 1.47. The van der Waals surface area contributed by atoms with Crippen LogP contribution in [0.25, 0.3) is 10.8 Å². The highest BCUT2D eigenvalue weighted by atomic mass is 16.6. The van der Waals surface area contributed by atoms with Crippen molar-refractivity contribution in [3.63, 3.8) is 0 Å². The number of benzene rings is 3. The molecule has 0 radical (unpaired) electrons. The average Bonchev–Trinajstić information content (AvgIpc) is 2.61. The lowest BCUT2D eigenvalue weighted by Crippen LogP contribution is -2.17. The Balaban J connectivity index is 1.98. The van der Waals surface area contributed by atoms with E-state index in [2.05, 4.69) is 5.32 Å². The van der Waals surface area contributed by atoms with Crippen molar-refractivity contribution in [2.45, 2.75) is 0 Å². The lowest BCUT2D eigenvalue weighted by molar-refractivity contribution is -0.385. The fourth-order valence-corrected chi connectivity index (χ4v) is 2.39.